The maximum atomic E-state index is 12.4. The molecule has 2 rings (SSSR count). The van der Waals surface area contributed by atoms with Crippen LogP contribution in [0.1, 0.15) is 35.3 Å². The lowest BCUT2D eigenvalue weighted by Crippen LogP contribution is -2.37. The van der Waals surface area contributed by atoms with E-state index in [1.807, 2.05) is 61.2 Å². The third-order valence-electron chi connectivity index (χ3n) is 4.88. The highest BCUT2D eigenvalue weighted by Gasteiger charge is 2.12. The fraction of sp³-hybridized carbons (Fsp3) is 0.391. The summed E-state index contributed by atoms with van der Waals surface area (Å²) in [5.41, 5.74) is 2.84. The number of carbonyl (C=O) groups is 1. The van der Waals surface area contributed by atoms with E-state index in [-0.39, 0.29) is 29.9 Å². The van der Waals surface area contributed by atoms with Crippen LogP contribution in [0.25, 0.3) is 0 Å². The Morgan fingerprint density at radius 1 is 1.10 bits per heavy atom. The lowest BCUT2D eigenvalue weighted by atomic mass is 10.1. The zero-order valence-electron chi connectivity index (χ0n) is 18.6. The Morgan fingerprint density at radius 2 is 1.77 bits per heavy atom. The molecule has 170 valence electrons. The predicted octanol–water partition coefficient (Wildman–Crippen LogP) is 4.36. The first-order valence-corrected chi connectivity index (χ1v) is 10.5. The molecular weight excluding hydrogens is 527 g/mol. The van der Waals surface area contributed by atoms with E-state index in [2.05, 4.69) is 15.6 Å². The van der Waals surface area contributed by atoms with Crippen LogP contribution in [-0.2, 0) is 13.0 Å². The third-order valence-corrected chi connectivity index (χ3v) is 5.23. The monoisotopic (exact) mass is 558 g/mol. The molecule has 0 aliphatic heterocycles. The topological polar surface area (TPSA) is 66.0 Å². The molecule has 8 heteroatoms. The van der Waals surface area contributed by atoms with Gasteiger partial charge in [0, 0.05) is 43.8 Å². The lowest BCUT2D eigenvalue weighted by molar-refractivity contribution is 0.0773. The highest BCUT2D eigenvalue weighted by Crippen LogP contribution is 2.22. The second kappa shape index (κ2) is 14.1. The maximum Gasteiger partial charge on any atom is 0.253 e. The van der Waals surface area contributed by atoms with Gasteiger partial charge < -0.3 is 20.3 Å². The van der Waals surface area contributed by atoms with E-state index in [0.29, 0.717) is 42.7 Å². The van der Waals surface area contributed by atoms with Crippen LogP contribution in [0.2, 0.25) is 5.02 Å². The van der Waals surface area contributed by atoms with Crippen molar-refractivity contribution in [2.75, 3.05) is 33.8 Å². The highest BCUT2D eigenvalue weighted by atomic mass is 127. The molecule has 2 aromatic carbocycles. The molecular formula is C23H32ClIN4O2. The summed E-state index contributed by atoms with van der Waals surface area (Å²) in [6.45, 7) is 6.71. The Bertz CT molecular complexity index is 855. The molecule has 0 aliphatic carbocycles. The van der Waals surface area contributed by atoms with Crippen molar-refractivity contribution in [3.05, 3.63) is 64.2 Å². The lowest BCUT2D eigenvalue weighted by Gasteiger charge is -2.18. The van der Waals surface area contributed by atoms with Gasteiger partial charge in [-0.3, -0.25) is 9.79 Å². The molecule has 2 N–H and O–H groups in total. The number of nitrogens with one attached hydrogen (secondary N) is 2. The molecule has 0 aliphatic rings. The van der Waals surface area contributed by atoms with E-state index >= 15 is 0 Å². The molecule has 0 unspecified atom stereocenters. The van der Waals surface area contributed by atoms with Crippen molar-refractivity contribution in [2.24, 2.45) is 4.99 Å². The van der Waals surface area contributed by atoms with Crippen LogP contribution < -0.4 is 15.4 Å². The first kappa shape index (κ1) is 27.0. The summed E-state index contributed by atoms with van der Waals surface area (Å²) in [4.78, 5) is 18.5. The van der Waals surface area contributed by atoms with Crippen LogP contribution >= 0.6 is 35.6 Å². The zero-order valence-corrected chi connectivity index (χ0v) is 21.7. The Kier molecular flexibility index (Phi) is 12.3. The normalized spacial score (nSPS) is 10.8. The summed E-state index contributed by atoms with van der Waals surface area (Å²) in [5.74, 6) is 1.52. The van der Waals surface area contributed by atoms with E-state index in [4.69, 9.17) is 16.3 Å². The van der Waals surface area contributed by atoms with E-state index in [1.165, 1.54) is 0 Å². The number of hydrogen-bond acceptors (Lipinski definition) is 3. The van der Waals surface area contributed by atoms with E-state index in [0.717, 1.165) is 23.3 Å². The fourth-order valence-corrected chi connectivity index (χ4v) is 3.30. The molecule has 0 radical (unpaired) electrons. The quantitative estimate of drug-likeness (QED) is 0.273. The van der Waals surface area contributed by atoms with Crippen molar-refractivity contribution >= 4 is 47.4 Å². The molecule has 0 atom stereocenters. The average molecular weight is 559 g/mol. The first-order valence-electron chi connectivity index (χ1n) is 10.2. The number of aliphatic imine (C=N–C) groups is 1. The van der Waals surface area contributed by atoms with Crippen LogP contribution in [0.5, 0.6) is 5.75 Å². The summed E-state index contributed by atoms with van der Waals surface area (Å²) in [7, 11) is 3.36. The number of nitrogens with zero attached hydrogens (tertiary/aromatic N) is 2. The largest absolute Gasteiger partial charge is 0.497 e. The SMILES string of the molecule is CCN(CC)C(=O)c1ccc(CNC(=NC)NCCc2ccc(OC)cc2Cl)cc1.I. The summed E-state index contributed by atoms with van der Waals surface area (Å²) in [6, 6.07) is 13.4. The molecule has 0 saturated carbocycles. The van der Waals surface area contributed by atoms with Crippen molar-refractivity contribution in [3.8, 4) is 5.75 Å². The van der Waals surface area contributed by atoms with Gasteiger partial charge in [0.25, 0.3) is 5.91 Å². The van der Waals surface area contributed by atoms with Gasteiger partial charge in [0.05, 0.1) is 7.11 Å². The minimum atomic E-state index is 0. The van der Waals surface area contributed by atoms with Gasteiger partial charge in [0.2, 0.25) is 0 Å². The van der Waals surface area contributed by atoms with Crippen LogP contribution in [0, 0.1) is 0 Å². The molecule has 0 bridgehead atoms. The Morgan fingerprint density at radius 3 is 2.32 bits per heavy atom. The van der Waals surface area contributed by atoms with Crippen molar-refractivity contribution in [1.82, 2.24) is 15.5 Å². The van der Waals surface area contributed by atoms with Gasteiger partial charge in [-0.2, -0.15) is 0 Å². The second-order valence-corrected chi connectivity index (χ2v) is 7.14. The molecule has 0 saturated heterocycles. The van der Waals surface area contributed by atoms with Gasteiger partial charge >= 0.3 is 0 Å². The first-order chi connectivity index (χ1) is 14.5. The van der Waals surface area contributed by atoms with Gasteiger partial charge in [-0.1, -0.05) is 29.8 Å². The number of ether oxygens (including phenoxy) is 1. The molecule has 6 nitrogen and oxygen atoms in total. The number of guanidine groups is 1. The average Bonchev–Trinajstić information content (AvgIpc) is 2.78. The number of amides is 1. The van der Waals surface area contributed by atoms with Crippen LogP contribution in [0.3, 0.4) is 0 Å². The van der Waals surface area contributed by atoms with Gasteiger partial charge in [0.1, 0.15) is 5.75 Å². The molecule has 2 aromatic rings. The summed E-state index contributed by atoms with van der Waals surface area (Å²) < 4.78 is 5.18. The predicted molar refractivity (Wildman–Crippen MR) is 139 cm³/mol. The number of hydrogen-bond donors (Lipinski definition) is 2. The Balaban J connectivity index is 0.00000480. The van der Waals surface area contributed by atoms with Crippen molar-refractivity contribution in [1.29, 1.82) is 0 Å². The molecule has 31 heavy (non-hydrogen) atoms. The molecule has 0 heterocycles. The molecule has 0 aromatic heterocycles. The number of carbonyl (C=O) groups excluding carboxylic acids is 1. The highest BCUT2D eigenvalue weighted by molar-refractivity contribution is 14.0. The maximum absolute atomic E-state index is 12.4. The Labute approximate surface area is 207 Å². The van der Waals surface area contributed by atoms with Gasteiger partial charge in [-0.15, -0.1) is 24.0 Å². The minimum Gasteiger partial charge on any atom is -0.497 e. The standard InChI is InChI=1S/C23H31ClN4O2.HI/c1-5-28(6-2)22(29)19-9-7-17(8-10-19)16-27-23(25-3)26-14-13-18-11-12-20(30-4)15-21(18)24;/h7-12,15H,5-6,13-14,16H2,1-4H3,(H2,25,26,27);1H. The zero-order chi connectivity index (χ0) is 21.9. The van der Waals surface area contributed by atoms with Crippen molar-refractivity contribution in [2.45, 2.75) is 26.8 Å². The van der Waals surface area contributed by atoms with E-state index in [9.17, 15) is 4.79 Å². The van der Waals surface area contributed by atoms with Crippen molar-refractivity contribution < 1.29 is 9.53 Å². The number of halogens is 2. The molecule has 0 spiro atoms. The second-order valence-electron chi connectivity index (χ2n) is 6.73. The third kappa shape index (κ3) is 8.22. The number of rotatable bonds is 9. The van der Waals surface area contributed by atoms with Gasteiger partial charge in [-0.05, 0) is 55.7 Å². The summed E-state index contributed by atoms with van der Waals surface area (Å²) >= 11 is 6.29. The number of benzene rings is 2. The van der Waals surface area contributed by atoms with E-state index < -0.39 is 0 Å². The summed E-state index contributed by atoms with van der Waals surface area (Å²) in [5, 5.41) is 7.27. The van der Waals surface area contributed by atoms with Crippen LogP contribution in [0.4, 0.5) is 0 Å². The van der Waals surface area contributed by atoms with Crippen LogP contribution in [-0.4, -0.2) is 50.6 Å². The molecule has 0 fully saturated rings. The fourth-order valence-electron chi connectivity index (χ4n) is 3.04. The molecule has 1 amide bonds. The minimum absolute atomic E-state index is 0. The summed E-state index contributed by atoms with van der Waals surface area (Å²) in [6.07, 6.45) is 0.770. The van der Waals surface area contributed by atoms with E-state index in [1.54, 1.807) is 14.2 Å². The van der Waals surface area contributed by atoms with Crippen LogP contribution in [0.15, 0.2) is 47.5 Å². The van der Waals surface area contributed by atoms with Gasteiger partial charge in [0.15, 0.2) is 5.96 Å². The Hall–Kier alpha value is -2.00. The van der Waals surface area contributed by atoms with Gasteiger partial charge in [-0.25, -0.2) is 0 Å². The number of methoxy groups -OCH3 is 1. The van der Waals surface area contributed by atoms with Crippen molar-refractivity contribution in [3.63, 3.8) is 0 Å². The smallest absolute Gasteiger partial charge is 0.253 e.